The van der Waals surface area contributed by atoms with Gasteiger partial charge in [0.15, 0.2) is 0 Å². The average molecular weight is 506 g/mol. The molecule has 3 aromatic carbocycles. The number of fused-ring (bicyclic) bond motifs is 1. The number of amides is 2. The van der Waals surface area contributed by atoms with Gasteiger partial charge in [-0.15, -0.1) is 0 Å². The van der Waals surface area contributed by atoms with Gasteiger partial charge in [-0.2, -0.15) is 0 Å². The molecule has 1 heterocycles. The minimum atomic E-state index is -0.786. The number of halogens is 2. The number of nitrogens with zero attached hydrogens (tertiary/aromatic N) is 2. The third-order valence-corrected chi connectivity index (χ3v) is 6.81. The number of nitrogens with one attached hydrogen (secondary N) is 1. The summed E-state index contributed by atoms with van der Waals surface area (Å²) in [5, 5.41) is 3.37. The monoisotopic (exact) mass is 505 g/mol. The molecular formula is C29H29ClFN3O2. The second-order valence-corrected chi connectivity index (χ2v) is 9.37. The van der Waals surface area contributed by atoms with Crippen LogP contribution in [0.4, 0.5) is 15.8 Å². The fraction of sp³-hybridized carbons (Fsp3) is 0.276. The predicted molar refractivity (Wildman–Crippen MR) is 144 cm³/mol. The maximum Gasteiger partial charge on any atom is 0.252 e. The van der Waals surface area contributed by atoms with Crippen LogP contribution in [0.15, 0.2) is 71.7 Å². The number of carbonyl (C=O) groups excluding carboxylic acids is 2. The summed E-state index contributed by atoms with van der Waals surface area (Å²) < 4.78 is 15.0. The highest BCUT2D eigenvalue weighted by molar-refractivity contribution is 6.32. The number of benzodiazepines with no additional fused rings is 1. The van der Waals surface area contributed by atoms with Crippen LogP contribution < -0.4 is 10.2 Å². The molecule has 0 aromatic heterocycles. The van der Waals surface area contributed by atoms with Crippen molar-refractivity contribution < 1.29 is 14.0 Å². The van der Waals surface area contributed by atoms with Gasteiger partial charge >= 0.3 is 0 Å². The van der Waals surface area contributed by atoms with Gasteiger partial charge in [-0.1, -0.05) is 69.1 Å². The molecule has 1 aliphatic rings. The van der Waals surface area contributed by atoms with Gasteiger partial charge in [0.25, 0.3) is 5.91 Å². The van der Waals surface area contributed by atoms with Gasteiger partial charge in [0.2, 0.25) is 5.91 Å². The normalized spacial score (nSPS) is 16.1. The summed E-state index contributed by atoms with van der Waals surface area (Å²) in [5.74, 6) is -1.21. The van der Waals surface area contributed by atoms with Gasteiger partial charge < -0.3 is 10.2 Å². The topological polar surface area (TPSA) is 61.8 Å². The van der Waals surface area contributed by atoms with E-state index < -0.39 is 11.9 Å². The minimum Gasteiger partial charge on any atom is -0.324 e. The fourth-order valence-corrected chi connectivity index (χ4v) is 4.56. The molecule has 2 unspecified atom stereocenters. The SMILES string of the molecule is CCc1ccccc1NC(=O)CN1C(=O)C(C(C)CC)N=C(c2ccccc2F)c2cc(Cl)ccc21. The highest BCUT2D eigenvalue weighted by Crippen LogP contribution is 2.33. The Morgan fingerprint density at radius 2 is 1.81 bits per heavy atom. The number of rotatable bonds is 7. The molecule has 0 spiro atoms. The zero-order chi connectivity index (χ0) is 25.8. The summed E-state index contributed by atoms with van der Waals surface area (Å²) >= 11 is 6.35. The van der Waals surface area contributed by atoms with Crippen molar-refractivity contribution in [2.45, 2.75) is 39.7 Å². The van der Waals surface area contributed by atoms with Gasteiger partial charge in [-0.3, -0.25) is 14.6 Å². The Labute approximate surface area is 216 Å². The highest BCUT2D eigenvalue weighted by Gasteiger charge is 2.36. The molecule has 1 aliphatic heterocycles. The van der Waals surface area contributed by atoms with Crippen LogP contribution in [0.2, 0.25) is 5.02 Å². The first-order chi connectivity index (χ1) is 17.3. The van der Waals surface area contributed by atoms with E-state index in [4.69, 9.17) is 16.6 Å². The Morgan fingerprint density at radius 3 is 2.53 bits per heavy atom. The molecule has 1 N–H and O–H groups in total. The molecule has 4 rings (SSSR count). The van der Waals surface area contributed by atoms with E-state index in [-0.39, 0.29) is 29.8 Å². The van der Waals surface area contributed by atoms with E-state index in [0.717, 1.165) is 12.0 Å². The summed E-state index contributed by atoms with van der Waals surface area (Å²) in [6.07, 6.45) is 1.45. The number of aliphatic imine (C=N–C) groups is 1. The third-order valence-electron chi connectivity index (χ3n) is 6.58. The first kappa shape index (κ1) is 25.6. The van der Waals surface area contributed by atoms with Crippen LogP contribution in [0.3, 0.4) is 0 Å². The zero-order valence-corrected chi connectivity index (χ0v) is 21.3. The molecule has 7 heteroatoms. The number of anilines is 2. The number of hydrogen-bond donors (Lipinski definition) is 1. The molecule has 5 nitrogen and oxygen atoms in total. The summed E-state index contributed by atoms with van der Waals surface area (Å²) in [6, 6.07) is 18.2. The first-order valence-corrected chi connectivity index (χ1v) is 12.5. The third kappa shape index (κ3) is 5.19. The van der Waals surface area contributed by atoms with Gasteiger partial charge in [-0.25, -0.2) is 4.39 Å². The molecule has 0 aliphatic carbocycles. The molecule has 3 aromatic rings. The first-order valence-electron chi connectivity index (χ1n) is 12.2. The van der Waals surface area contributed by atoms with Gasteiger partial charge in [0.1, 0.15) is 18.4 Å². The van der Waals surface area contributed by atoms with Crippen LogP contribution in [-0.2, 0) is 16.0 Å². The standard InChI is InChI=1S/C29H29ClFN3O2/c1-4-18(3)27-29(36)34(17-26(35)32-24-13-9-6-10-19(24)5-2)25-15-14-20(30)16-22(25)28(33-27)21-11-7-8-12-23(21)31/h6-16,18,27H,4-5,17H2,1-3H3,(H,32,35). The largest absolute Gasteiger partial charge is 0.324 e. The van der Waals surface area contributed by atoms with Crippen LogP contribution in [-0.4, -0.2) is 30.1 Å². The second-order valence-electron chi connectivity index (χ2n) is 8.93. The Bertz CT molecular complexity index is 1320. The van der Waals surface area contributed by atoms with Crippen molar-refractivity contribution in [1.29, 1.82) is 0 Å². The van der Waals surface area contributed by atoms with Crippen molar-refractivity contribution in [3.63, 3.8) is 0 Å². The summed E-state index contributed by atoms with van der Waals surface area (Å²) in [6.45, 7) is 5.72. The number of benzene rings is 3. The van der Waals surface area contributed by atoms with E-state index in [2.05, 4.69) is 5.32 Å². The number of aryl methyl sites for hydroxylation is 1. The van der Waals surface area contributed by atoms with Crippen molar-refractivity contribution in [3.8, 4) is 0 Å². The second kappa shape index (κ2) is 11.0. The molecule has 36 heavy (non-hydrogen) atoms. The number of carbonyl (C=O) groups is 2. The zero-order valence-electron chi connectivity index (χ0n) is 20.6. The smallest absolute Gasteiger partial charge is 0.252 e. The van der Waals surface area contributed by atoms with E-state index in [1.54, 1.807) is 36.4 Å². The molecular weight excluding hydrogens is 477 g/mol. The average Bonchev–Trinajstić information content (AvgIpc) is 2.99. The van der Waals surface area contributed by atoms with Crippen LogP contribution in [0.1, 0.15) is 43.9 Å². The van der Waals surface area contributed by atoms with E-state index >= 15 is 0 Å². The van der Waals surface area contributed by atoms with Crippen LogP contribution in [0.5, 0.6) is 0 Å². The molecule has 0 radical (unpaired) electrons. The van der Waals surface area contributed by atoms with E-state index in [1.807, 2.05) is 45.0 Å². The quantitative estimate of drug-likeness (QED) is 0.411. The Balaban J connectivity index is 1.80. The van der Waals surface area contributed by atoms with Gasteiger partial charge in [-0.05, 0) is 54.3 Å². The van der Waals surface area contributed by atoms with E-state index in [0.29, 0.717) is 34.1 Å². The highest BCUT2D eigenvalue weighted by atomic mass is 35.5. The molecule has 0 saturated carbocycles. The van der Waals surface area contributed by atoms with Crippen LogP contribution in [0.25, 0.3) is 0 Å². The summed E-state index contributed by atoms with van der Waals surface area (Å²) in [7, 11) is 0. The van der Waals surface area contributed by atoms with Crippen molar-refractivity contribution >= 4 is 40.5 Å². The van der Waals surface area contributed by atoms with Crippen molar-refractivity contribution in [2.75, 3.05) is 16.8 Å². The minimum absolute atomic E-state index is 0.129. The molecule has 2 atom stereocenters. The van der Waals surface area contributed by atoms with Crippen LogP contribution in [0, 0.1) is 11.7 Å². The lowest BCUT2D eigenvalue weighted by Crippen LogP contribution is -2.44. The van der Waals surface area contributed by atoms with Crippen LogP contribution >= 0.6 is 11.6 Å². The van der Waals surface area contributed by atoms with Crippen molar-refractivity contribution in [3.05, 3.63) is 94.3 Å². The molecule has 0 fully saturated rings. The Hall–Kier alpha value is -3.51. The molecule has 0 saturated heterocycles. The van der Waals surface area contributed by atoms with E-state index in [1.165, 1.54) is 11.0 Å². The summed E-state index contributed by atoms with van der Waals surface area (Å²) in [5.41, 5.74) is 3.33. The molecule has 186 valence electrons. The van der Waals surface area contributed by atoms with Crippen molar-refractivity contribution in [2.24, 2.45) is 10.9 Å². The maximum atomic E-state index is 15.0. The van der Waals surface area contributed by atoms with Crippen molar-refractivity contribution in [1.82, 2.24) is 0 Å². The van der Waals surface area contributed by atoms with E-state index in [9.17, 15) is 14.0 Å². The predicted octanol–water partition coefficient (Wildman–Crippen LogP) is 6.28. The number of para-hydroxylation sites is 1. The lowest BCUT2D eigenvalue weighted by molar-refractivity contribution is -0.123. The van der Waals surface area contributed by atoms with Gasteiger partial charge in [0, 0.05) is 21.8 Å². The Morgan fingerprint density at radius 1 is 1.08 bits per heavy atom. The van der Waals surface area contributed by atoms with Gasteiger partial charge in [0.05, 0.1) is 11.4 Å². The number of hydrogen-bond acceptors (Lipinski definition) is 3. The molecule has 2 amide bonds. The molecule has 0 bridgehead atoms. The Kier molecular flexibility index (Phi) is 7.85. The lowest BCUT2D eigenvalue weighted by atomic mass is 9.97. The lowest BCUT2D eigenvalue weighted by Gasteiger charge is -2.27. The fourth-order valence-electron chi connectivity index (χ4n) is 4.38. The maximum absolute atomic E-state index is 15.0. The summed E-state index contributed by atoms with van der Waals surface area (Å²) in [4.78, 5) is 33.3.